The molecular formula is C6H11NO2S2. The molecule has 64 valence electrons. The van der Waals surface area contributed by atoms with Crippen molar-refractivity contribution in [3.05, 3.63) is 12.7 Å². The van der Waals surface area contributed by atoms with E-state index in [1.807, 2.05) is 0 Å². The van der Waals surface area contributed by atoms with Crippen LogP contribution in [-0.2, 0) is 4.79 Å². The van der Waals surface area contributed by atoms with E-state index in [-0.39, 0.29) is 0 Å². The van der Waals surface area contributed by atoms with Crippen LogP contribution in [0.4, 0.5) is 0 Å². The zero-order valence-corrected chi connectivity index (χ0v) is 7.66. The van der Waals surface area contributed by atoms with Gasteiger partial charge in [-0.25, -0.2) is 0 Å². The van der Waals surface area contributed by atoms with Crippen molar-refractivity contribution in [1.82, 2.24) is 0 Å². The van der Waals surface area contributed by atoms with Crippen molar-refractivity contribution in [2.45, 2.75) is 6.04 Å². The molecule has 0 amide bonds. The molecule has 11 heavy (non-hydrogen) atoms. The predicted molar refractivity (Wildman–Crippen MR) is 50.7 cm³/mol. The fraction of sp³-hybridized carbons (Fsp3) is 0.500. The maximum absolute atomic E-state index is 10.2. The van der Waals surface area contributed by atoms with Crippen LogP contribution >= 0.6 is 21.6 Å². The number of hydrogen-bond donors (Lipinski definition) is 2. The molecule has 0 unspecified atom stereocenters. The van der Waals surface area contributed by atoms with Crippen molar-refractivity contribution in [3.63, 3.8) is 0 Å². The van der Waals surface area contributed by atoms with Gasteiger partial charge in [0, 0.05) is 11.5 Å². The summed E-state index contributed by atoms with van der Waals surface area (Å²) in [5.74, 6) is 0.307. The lowest BCUT2D eigenvalue weighted by Gasteiger charge is -2.03. The number of nitrogens with two attached hydrogens (primary N) is 1. The third-order valence-corrected chi connectivity index (χ3v) is 3.18. The normalized spacial score (nSPS) is 12.5. The standard InChI is InChI=1S/C6H11NO2S2/c1-2-3-10-11-4-5(7)6(8)9/h2,5H,1,3-4,7H2,(H,8,9)/t5-/m0/s1. The van der Waals surface area contributed by atoms with E-state index in [1.165, 1.54) is 10.8 Å². The summed E-state index contributed by atoms with van der Waals surface area (Å²) in [6.07, 6.45) is 1.77. The van der Waals surface area contributed by atoms with E-state index in [4.69, 9.17) is 10.8 Å². The molecule has 0 aliphatic heterocycles. The summed E-state index contributed by atoms with van der Waals surface area (Å²) in [6, 6.07) is -0.752. The van der Waals surface area contributed by atoms with Crippen molar-refractivity contribution < 1.29 is 9.90 Å². The average molecular weight is 193 g/mol. The molecular weight excluding hydrogens is 182 g/mol. The Labute approximate surface area is 73.8 Å². The molecule has 0 spiro atoms. The van der Waals surface area contributed by atoms with Crippen LogP contribution in [0.25, 0.3) is 0 Å². The molecule has 0 aromatic rings. The molecule has 0 aromatic carbocycles. The minimum Gasteiger partial charge on any atom is -0.480 e. The fourth-order valence-electron chi connectivity index (χ4n) is 0.289. The third-order valence-electron chi connectivity index (χ3n) is 0.834. The van der Waals surface area contributed by atoms with E-state index < -0.39 is 12.0 Å². The monoisotopic (exact) mass is 193 g/mol. The average Bonchev–Trinajstić information content (AvgIpc) is 1.97. The van der Waals surface area contributed by atoms with Gasteiger partial charge in [-0.05, 0) is 0 Å². The first-order valence-electron chi connectivity index (χ1n) is 3.02. The van der Waals surface area contributed by atoms with Crippen LogP contribution in [0, 0.1) is 0 Å². The maximum atomic E-state index is 10.2. The summed E-state index contributed by atoms with van der Waals surface area (Å²) in [4.78, 5) is 10.2. The predicted octanol–water partition coefficient (Wildman–Crippen LogP) is 0.966. The van der Waals surface area contributed by atoms with Gasteiger partial charge in [0.15, 0.2) is 0 Å². The van der Waals surface area contributed by atoms with E-state index in [2.05, 4.69) is 6.58 Å². The Kier molecular flexibility index (Phi) is 6.49. The van der Waals surface area contributed by atoms with Crippen molar-refractivity contribution in [2.75, 3.05) is 11.5 Å². The van der Waals surface area contributed by atoms with Crippen molar-refractivity contribution in [3.8, 4) is 0 Å². The fourth-order valence-corrected chi connectivity index (χ4v) is 2.17. The maximum Gasteiger partial charge on any atom is 0.321 e. The van der Waals surface area contributed by atoms with E-state index >= 15 is 0 Å². The summed E-state index contributed by atoms with van der Waals surface area (Å²) in [7, 11) is 3.01. The van der Waals surface area contributed by atoms with Gasteiger partial charge in [-0.15, -0.1) is 6.58 Å². The first-order valence-corrected chi connectivity index (χ1v) is 5.51. The Morgan fingerprint density at radius 1 is 1.73 bits per heavy atom. The number of hydrogen-bond acceptors (Lipinski definition) is 4. The third kappa shape index (κ3) is 6.28. The molecule has 0 saturated heterocycles. The minimum absolute atomic E-state index is 0.438. The quantitative estimate of drug-likeness (QED) is 0.374. The lowest BCUT2D eigenvalue weighted by atomic mass is 10.4. The summed E-state index contributed by atoms with van der Waals surface area (Å²) < 4.78 is 0. The van der Waals surface area contributed by atoms with Crippen LogP contribution in [0.2, 0.25) is 0 Å². The summed E-state index contributed by atoms with van der Waals surface area (Å²) in [6.45, 7) is 3.53. The summed E-state index contributed by atoms with van der Waals surface area (Å²) in [5, 5.41) is 8.37. The molecule has 5 heteroatoms. The van der Waals surface area contributed by atoms with Crippen LogP contribution in [0.3, 0.4) is 0 Å². The van der Waals surface area contributed by atoms with Crippen molar-refractivity contribution in [1.29, 1.82) is 0 Å². The molecule has 0 aromatic heterocycles. The van der Waals surface area contributed by atoms with Crippen molar-refractivity contribution in [2.24, 2.45) is 5.73 Å². The molecule has 3 N–H and O–H groups in total. The molecule has 3 nitrogen and oxygen atoms in total. The van der Waals surface area contributed by atoms with Gasteiger partial charge in [0.1, 0.15) is 6.04 Å². The van der Waals surface area contributed by atoms with E-state index in [0.717, 1.165) is 5.75 Å². The number of rotatable bonds is 6. The second-order valence-electron chi connectivity index (χ2n) is 1.80. The van der Waals surface area contributed by atoms with E-state index in [9.17, 15) is 4.79 Å². The van der Waals surface area contributed by atoms with Crippen LogP contribution in [-0.4, -0.2) is 28.6 Å². The second kappa shape index (κ2) is 6.57. The summed E-state index contributed by atoms with van der Waals surface area (Å²) >= 11 is 0. The van der Waals surface area contributed by atoms with E-state index in [1.54, 1.807) is 16.9 Å². The molecule has 0 rings (SSSR count). The molecule has 0 heterocycles. The van der Waals surface area contributed by atoms with E-state index in [0.29, 0.717) is 5.75 Å². The molecule has 0 aliphatic rings. The summed E-state index contributed by atoms with van der Waals surface area (Å²) in [5.41, 5.74) is 5.24. The zero-order chi connectivity index (χ0) is 8.69. The molecule has 0 bridgehead atoms. The topological polar surface area (TPSA) is 63.3 Å². The highest BCUT2D eigenvalue weighted by Gasteiger charge is 2.10. The van der Waals surface area contributed by atoms with Gasteiger partial charge in [-0.3, -0.25) is 4.79 Å². The highest BCUT2D eigenvalue weighted by molar-refractivity contribution is 8.76. The Balaban J connectivity index is 3.24. The largest absolute Gasteiger partial charge is 0.480 e. The highest BCUT2D eigenvalue weighted by atomic mass is 33.1. The SMILES string of the molecule is C=CCSSC[C@H](N)C(=O)O. The van der Waals surface area contributed by atoms with Crippen LogP contribution in [0.5, 0.6) is 0 Å². The second-order valence-corrected chi connectivity index (χ2v) is 4.35. The lowest BCUT2D eigenvalue weighted by molar-refractivity contribution is -0.137. The Hall–Kier alpha value is -0.130. The number of carbonyl (C=O) groups is 1. The van der Waals surface area contributed by atoms with Gasteiger partial charge in [0.25, 0.3) is 0 Å². The molecule has 1 atom stereocenters. The van der Waals surface area contributed by atoms with Gasteiger partial charge in [0.2, 0.25) is 0 Å². The smallest absolute Gasteiger partial charge is 0.321 e. The first-order chi connectivity index (χ1) is 5.18. The van der Waals surface area contributed by atoms with Gasteiger partial charge < -0.3 is 10.8 Å². The number of carboxylic acid groups (broad SMARTS) is 1. The van der Waals surface area contributed by atoms with Gasteiger partial charge in [-0.2, -0.15) is 0 Å². The van der Waals surface area contributed by atoms with Crippen LogP contribution in [0.15, 0.2) is 12.7 Å². The number of carboxylic acids is 1. The molecule has 0 radical (unpaired) electrons. The lowest BCUT2D eigenvalue weighted by Crippen LogP contribution is -2.32. The van der Waals surface area contributed by atoms with Gasteiger partial charge >= 0.3 is 5.97 Å². The Morgan fingerprint density at radius 3 is 2.82 bits per heavy atom. The highest BCUT2D eigenvalue weighted by Crippen LogP contribution is 2.21. The Morgan fingerprint density at radius 2 is 2.36 bits per heavy atom. The molecule has 0 aliphatic carbocycles. The minimum atomic E-state index is -0.947. The Bertz CT molecular complexity index is 141. The van der Waals surface area contributed by atoms with Crippen LogP contribution < -0.4 is 5.73 Å². The van der Waals surface area contributed by atoms with Gasteiger partial charge in [-0.1, -0.05) is 27.7 Å². The first kappa shape index (κ1) is 10.9. The molecule has 0 fully saturated rings. The zero-order valence-electron chi connectivity index (χ0n) is 6.03. The number of aliphatic carboxylic acids is 1. The van der Waals surface area contributed by atoms with Gasteiger partial charge in [0.05, 0.1) is 0 Å². The van der Waals surface area contributed by atoms with Crippen LogP contribution in [0.1, 0.15) is 0 Å². The van der Waals surface area contributed by atoms with Crippen molar-refractivity contribution >= 4 is 27.6 Å². The molecule has 0 saturated carbocycles.